The van der Waals surface area contributed by atoms with E-state index in [1.54, 1.807) is 7.11 Å². The minimum atomic E-state index is -0.670. The molecule has 1 heterocycles. The zero-order valence-corrected chi connectivity index (χ0v) is 18.1. The highest BCUT2D eigenvalue weighted by Crippen LogP contribution is 2.21. The molecule has 3 rings (SSSR count). The van der Waals surface area contributed by atoms with Crippen LogP contribution in [0.2, 0.25) is 0 Å². The van der Waals surface area contributed by atoms with Crippen LogP contribution in [-0.2, 0) is 25.4 Å². The number of methoxy groups -OCH3 is 2. The third-order valence-corrected chi connectivity index (χ3v) is 4.72. The van der Waals surface area contributed by atoms with Crippen molar-refractivity contribution in [1.29, 1.82) is 0 Å². The summed E-state index contributed by atoms with van der Waals surface area (Å²) >= 11 is 0. The summed E-state index contributed by atoms with van der Waals surface area (Å²) in [5, 5.41) is 0. The largest absolute Gasteiger partial charge is 0.492 e. The second kappa shape index (κ2) is 11.3. The molecule has 166 valence electrons. The normalized spacial score (nSPS) is 12.0. The number of carbonyl (C=O) groups is 1. The SMILES string of the molecule is COCCOC(Cc1ccc(OCCN(C)c2nc3ccccc3o2)cc1)C(=O)OC. The fraction of sp³-hybridized carbons (Fsp3) is 0.391. The summed E-state index contributed by atoms with van der Waals surface area (Å²) < 4.78 is 26.9. The van der Waals surface area contributed by atoms with Crippen molar-refractivity contribution < 1.29 is 28.2 Å². The Labute approximate surface area is 181 Å². The van der Waals surface area contributed by atoms with Crippen LogP contribution in [0, 0.1) is 0 Å². The molecule has 0 fully saturated rings. The summed E-state index contributed by atoms with van der Waals surface area (Å²) in [6.07, 6.45) is -0.256. The molecule has 0 radical (unpaired) electrons. The lowest BCUT2D eigenvalue weighted by atomic mass is 10.1. The number of fused-ring (bicyclic) bond motifs is 1. The number of para-hydroxylation sites is 2. The quantitative estimate of drug-likeness (QED) is 0.322. The Morgan fingerprint density at radius 2 is 1.84 bits per heavy atom. The van der Waals surface area contributed by atoms with Crippen molar-refractivity contribution >= 4 is 23.1 Å². The number of oxazole rings is 1. The van der Waals surface area contributed by atoms with Gasteiger partial charge in [0, 0.05) is 20.6 Å². The van der Waals surface area contributed by atoms with Gasteiger partial charge in [-0.1, -0.05) is 24.3 Å². The van der Waals surface area contributed by atoms with Crippen molar-refractivity contribution in [1.82, 2.24) is 4.98 Å². The Morgan fingerprint density at radius 1 is 1.06 bits per heavy atom. The van der Waals surface area contributed by atoms with Gasteiger partial charge in [0.1, 0.15) is 17.9 Å². The van der Waals surface area contributed by atoms with Crippen molar-refractivity contribution in [3.63, 3.8) is 0 Å². The lowest BCUT2D eigenvalue weighted by Gasteiger charge is -2.16. The zero-order chi connectivity index (χ0) is 22.1. The number of aromatic nitrogens is 1. The minimum Gasteiger partial charge on any atom is -0.492 e. The molecule has 0 saturated carbocycles. The van der Waals surface area contributed by atoms with Gasteiger partial charge in [0.25, 0.3) is 6.01 Å². The molecular formula is C23H28N2O6. The number of nitrogens with zero attached hydrogens (tertiary/aromatic N) is 2. The number of rotatable bonds is 12. The predicted octanol–water partition coefficient (Wildman–Crippen LogP) is 3.09. The van der Waals surface area contributed by atoms with E-state index in [0.717, 1.165) is 22.4 Å². The average Bonchev–Trinajstić information content (AvgIpc) is 3.23. The molecule has 0 aliphatic rings. The van der Waals surface area contributed by atoms with Crippen LogP contribution in [0.3, 0.4) is 0 Å². The number of benzene rings is 2. The van der Waals surface area contributed by atoms with Crippen LogP contribution in [0.25, 0.3) is 11.1 Å². The van der Waals surface area contributed by atoms with Gasteiger partial charge in [0.15, 0.2) is 11.7 Å². The first-order valence-electron chi connectivity index (χ1n) is 10.1. The first-order chi connectivity index (χ1) is 15.1. The molecule has 0 N–H and O–H groups in total. The molecule has 0 spiro atoms. The van der Waals surface area contributed by atoms with Gasteiger partial charge in [-0.15, -0.1) is 0 Å². The molecule has 3 aromatic rings. The standard InChI is InChI=1S/C23H28N2O6/c1-25(23-24-19-6-4-5-7-20(19)31-23)12-13-29-18-10-8-17(9-11-18)16-21(22(26)28-3)30-15-14-27-2/h4-11,21H,12-16H2,1-3H3. The molecule has 0 saturated heterocycles. The van der Waals surface area contributed by atoms with Crippen LogP contribution in [0.4, 0.5) is 6.01 Å². The number of anilines is 1. The van der Waals surface area contributed by atoms with E-state index < -0.39 is 12.1 Å². The van der Waals surface area contributed by atoms with Gasteiger partial charge in [0.05, 0.1) is 26.9 Å². The highest BCUT2D eigenvalue weighted by atomic mass is 16.6. The Hall–Kier alpha value is -3.10. The summed E-state index contributed by atoms with van der Waals surface area (Å²) in [5.41, 5.74) is 2.54. The second-order valence-electron chi connectivity index (χ2n) is 6.96. The monoisotopic (exact) mass is 428 g/mol. The van der Waals surface area contributed by atoms with Crippen LogP contribution in [-0.4, -0.2) is 64.7 Å². The highest BCUT2D eigenvalue weighted by molar-refractivity contribution is 5.75. The lowest BCUT2D eigenvalue weighted by molar-refractivity contribution is -0.154. The van der Waals surface area contributed by atoms with E-state index in [2.05, 4.69) is 4.98 Å². The third kappa shape index (κ3) is 6.44. The molecule has 31 heavy (non-hydrogen) atoms. The summed E-state index contributed by atoms with van der Waals surface area (Å²) in [6, 6.07) is 15.8. The number of hydrogen-bond acceptors (Lipinski definition) is 8. The summed E-state index contributed by atoms with van der Waals surface area (Å²) in [4.78, 5) is 18.3. The molecule has 0 aliphatic heterocycles. The predicted molar refractivity (Wildman–Crippen MR) is 117 cm³/mol. The summed E-state index contributed by atoms with van der Waals surface area (Å²) in [7, 11) is 4.84. The van der Waals surface area contributed by atoms with Gasteiger partial charge in [0.2, 0.25) is 0 Å². The molecule has 0 aliphatic carbocycles. The van der Waals surface area contributed by atoms with Crippen LogP contribution in [0.5, 0.6) is 5.75 Å². The van der Waals surface area contributed by atoms with E-state index >= 15 is 0 Å². The van der Waals surface area contributed by atoms with E-state index in [1.807, 2.05) is 60.5 Å². The maximum atomic E-state index is 11.9. The van der Waals surface area contributed by atoms with E-state index in [4.69, 9.17) is 23.4 Å². The van der Waals surface area contributed by atoms with Crippen LogP contribution >= 0.6 is 0 Å². The molecule has 8 nitrogen and oxygen atoms in total. The molecule has 0 amide bonds. The molecule has 1 unspecified atom stereocenters. The van der Waals surface area contributed by atoms with Crippen molar-refractivity contribution in [2.45, 2.75) is 12.5 Å². The van der Waals surface area contributed by atoms with E-state index in [9.17, 15) is 4.79 Å². The number of esters is 1. The van der Waals surface area contributed by atoms with Gasteiger partial charge in [-0.05, 0) is 29.8 Å². The Bertz CT molecular complexity index is 923. The van der Waals surface area contributed by atoms with Crippen LogP contribution in [0.1, 0.15) is 5.56 Å². The molecule has 1 aromatic heterocycles. The lowest BCUT2D eigenvalue weighted by Crippen LogP contribution is -2.29. The molecule has 8 heteroatoms. The number of likely N-dealkylation sites (N-methyl/N-ethyl adjacent to an activating group) is 1. The van der Waals surface area contributed by atoms with Crippen molar-refractivity contribution in [3.05, 3.63) is 54.1 Å². The first-order valence-corrected chi connectivity index (χ1v) is 10.1. The second-order valence-corrected chi connectivity index (χ2v) is 6.96. The summed E-state index contributed by atoms with van der Waals surface area (Å²) in [5.74, 6) is 0.336. The van der Waals surface area contributed by atoms with E-state index in [1.165, 1.54) is 7.11 Å². The number of carbonyl (C=O) groups excluding carboxylic acids is 1. The first kappa shape index (κ1) is 22.6. The number of hydrogen-bond donors (Lipinski definition) is 0. The topological polar surface area (TPSA) is 83.3 Å². The van der Waals surface area contributed by atoms with E-state index in [-0.39, 0.29) is 0 Å². The van der Waals surface area contributed by atoms with Crippen LogP contribution in [0.15, 0.2) is 52.9 Å². The Balaban J connectivity index is 1.48. The molecular weight excluding hydrogens is 400 g/mol. The number of ether oxygens (including phenoxy) is 4. The van der Waals surface area contributed by atoms with E-state index in [0.29, 0.717) is 38.8 Å². The average molecular weight is 428 g/mol. The molecule has 2 aromatic carbocycles. The maximum Gasteiger partial charge on any atom is 0.335 e. The molecule has 0 bridgehead atoms. The van der Waals surface area contributed by atoms with Gasteiger partial charge < -0.3 is 28.3 Å². The highest BCUT2D eigenvalue weighted by Gasteiger charge is 2.20. The van der Waals surface area contributed by atoms with Crippen LogP contribution < -0.4 is 9.64 Å². The third-order valence-electron chi connectivity index (χ3n) is 4.72. The van der Waals surface area contributed by atoms with Crippen molar-refractivity contribution in [3.8, 4) is 5.75 Å². The van der Waals surface area contributed by atoms with Crippen molar-refractivity contribution in [2.24, 2.45) is 0 Å². The Kier molecular flexibility index (Phi) is 8.26. The fourth-order valence-corrected chi connectivity index (χ4v) is 2.97. The summed E-state index contributed by atoms with van der Waals surface area (Å²) in [6.45, 7) is 1.83. The molecule has 1 atom stereocenters. The smallest absolute Gasteiger partial charge is 0.335 e. The van der Waals surface area contributed by atoms with Gasteiger partial charge in [-0.25, -0.2) is 4.79 Å². The van der Waals surface area contributed by atoms with Gasteiger partial charge in [-0.3, -0.25) is 0 Å². The van der Waals surface area contributed by atoms with Crippen molar-refractivity contribution in [2.75, 3.05) is 52.5 Å². The zero-order valence-electron chi connectivity index (χ0n) is 18.1. The fourth-order valence-electron chi connectivity index (χ4n) is 2.97. The van der Waals surface area contributed by atoms with Gasteiger partial charge >= 0.3 is 5.97 Å². The Morgan fingerprint density at radius 3 is 2.55 bits per heavy atom. The van der Waals surface area contributed by atoms with Gasteiger partial charge in [-0.2, -0.15) is 4.98 Å². The minimum absolute atomic E-state index is 0.324. The maximum absolute atomic E-state index is 11.9.